The molecule has 7 heteroatoms. The molecule has 0 saturated carbocycles. The Bertz CT molecular complexity index is 1100. The Hall–Kier alpha value is -2.76. The highest BCUT2D eigenvalue weighted by molar-refractivity contribution is 7.98. The van der Waals surface area contributed by atoms with Gasteiger partial charge in [0.25, 0.3) is 0 Å². The molecule has 3 rings (SSSR count). The van der Waals surface area contributed by atoms with Gasteiger partial charge in [0.05, 0.1) is 12.3 Å². The maximum atomic E-state index is 14.6. The van der Waals surface area contributed by atoms with Crippen molar-refractivity contribution in [1.82, 2.24) is 9.29 Å². The summed E-state index contributed by atoms with van der Waals surface area (Å²) in [4.78, 5) is 0.935. The number of aromatic nitrogens is 1. The third-order valence-corrected chi connectivity index (χ3v) is 5.61. The van der Waals surface area contributed by atoms with Gasteiger partial charge in [-0.2, -0.15) is 0 Å². The summed E-state index contributed by atoms with van der Waals surface area (Å²) in [6.45, 7) is 2.22. The summed E-state index contributed by atoms with van der Waals surface area (Å²) >= 11 is 1.49. The lowest BCUT2D eigenvalue weighted by Gasteiger charge is -2.12. The summed E-state index contributed by atoms with van der Waals surface area (Å²) in [5.74, 6) is 6.59. The topological polar surface area (TPSA) is 44.7 Å². The van der Waals surface area contributed by atoms with Gasteiger partial charge in [0.15, 0.2) is 0 Å². The minimum absolute atomic E-state index is 0.255. The van der Waals surface area contributed by atoms with Gasteiger partial charge in [0.1, 0.15) is 18.2 Å². The van der Waals surface area contributed by atoms with Crippen LogP contribution >= 0.6 is 11.9 Å². The highest BCUT2D eigenvalue weighted by Crippen LogP contribution is 2.34. The molecule has 0 aliphatic heterocycles. The molecule has 0 saturated heterocycles. The molecule has 0 unspecified atom stereocenters. The summed E-state index contributed by atoms with van der Waals surface area (Å²) in [6, 6.07) is 14.7. The number of hydrogen-bond donors (Lipinski definition) is 1. The number of ether oxygens (including phenoxy) is 3. The van der Waals surface area contributed by atoms with Crippen LogP contribution in [0.2, 0.25) is 0 Å². The third kappa shape index (κ3) is 7.37. The van der Waals surface area contributed by atoms with E-state index in [9.17, 15) is 4.39 Å². The molecule has 33 heavy (non-hydrogen) atoms. The molecule has 0 aliphatic rings. The van der Waals surface area contributed by atoms with Gasteiger partial charge >= 0.3 is 0 Å². The van der Waals surface area contributed by atoms with Crippen molar-refractivity contribution in [2.24, 2.45) is 0 Å². The largest absolute Gasteiger partial charge is 0.493 e. The van der Waals surface area contributed by atoms with Crippen LogP contribution in [0, 0.1) is 17.7 Å². The van der Waals surface area contributed by atoms with Crippen LogP contribution in [0.15, 0.2) is 59.6 Å². The SMILES string of the molecule is CNCc1cc(-c2ccccc2F)n(Sc2cc(C#CCOC)cc(OCCCOC)c2)c1. The lowest BCUT2D eigenvalue weighted by molar-refractivity contribution is 0.172. The fraction of sp³-hybridized carbons (Fsp3) is 0.308. The van der Waals surface area contributed by atoms with Crippen molar-refractivity contribution in [3.8, 4) is 28.8 Å². The van der Waals surface area contributed by atoms with Crippen molar-refractivity contribution in [1.29, 1.82) is 0 Å². The molecule has 174 valence electrons. The second-order valence-corrected chi connectivity index (χ2v) is 8.33. The number of methoxy groups -OCH3 is 2. The Kier molecular flexibility index (Phi) is 9.85. The van der Waals surface area contributed by atoms with E-state index in [0.717, 1.165) is 33.9 Å². The fourth-order valence-electron chi connectivity index (χ4n) is 3.24. The van der Waals surface area contributed by atoms with Crippen molar-refractivity contribution in [2.45, 2.75) is 17.9 Å². The van der Waals surface area contributed by atoms with Crippen molar-refractivity contribution >= 4 is 11.9 Å². The van der Waals surface area contributed by atoms with Crippen LogP contribution < -0.4 is 10.1 Å². The average Bonchev–Trinajstić information content (AvgIpc) is 3.19. The zero-order valence-electron chi connectivity index (χ0n) is 19.2. The van der Waals surface area contributed by atoms with Crippen LogP contribution in [0.1, 0.15) is 17.5 Å². The number of hydrogen-bond acceptors (Lipinski definition) is 5. The van der Waals surface area contributed by atoms with E-state index < -0.39 is 0 Å². The fourth-order valence-corrected chi connectivity index (χ4v) is 4.25. The summed E-state index contributed by atoms with van der Waals surface area (Å²) in [6.07, 6.45) is 2.81. The zero-order valence-corrected chi connectivity index (χ0v) is 20.0. The van der Waals surface area contributed by atoms with E-state index in [1.54, 1.807) is 26.4 Å². The molecular formula is C26H29FN2O3S. The van der Waals surface area contributed by atoms with Gasteiger partial charge in [0.2, 0.25) is 0 Å². The normalized spacial score (nSPS) is 10.7. The van der Waals surface area contributed by atoms with Crippen LogP contribution in [0.25, 0.3) is 11.3 Å². The monoisotopic (exact) mass is 468 g/mol. The van der Waals surface area contributed by atoms with Gasteiger partial charge in [0, 0.05) is 56.0 Å². The summed E-state index contributed by atoms with van der Waals surface area (Å²) in [5, 5.41) is 3.16. The highest BCUT2D eigenvalue weighted by atomic mass is 32.2. The van der Waals surface area contributed by atoms with E-state index in [0.29, 0.717) is 31.9 Å². The predicted molar refractivity (Wildman–Crippen MR) is 131 cm³/mol. The molecule has 1 N–H and O–H groups in total. The first-order valence-corrected chi connectivity index (χ1v) is 11.5. The van der Waals surface area contributed by atoms with Crippen LogP contribution in [0.4, 0.5) is 4.39 Å². The first-order chi connectivity index (χ1) is 16.1. The molecule has 1 heterocycles. The zero-order chi connectivity index (χ0) is 23.5. The van der Waals surface area contributed by atoms with Crippen molar-refractivity contribution < 1.29 is 18.6 Å². The molecule has 5 nitrogen and oxygen atoms in total. The van der Waals surface area contributed by atoms with E-state index in [1.807, 2.05) is 47.5 Å². The van der Waals surface area contributed by atoms with E-state index in [-0.39, 0.29) is 5.82 Å². The molecule has 1 aromatic heterocycles. The second kappa shape index (κ2) is 13.1. The smallest absolute Gasteiger partial charge is 0.132 e. The van der Waals surface area contributed by atoms with E-state index in [4.69, 9.17) is 14.2 Å². The minimum atomic E-state index is -0.255. The summed E-state index contributed by atoms with van der Waals surface area (Å²) in [5.41, 5.74) is 3.24. The Balaban J connectivity index is 1.94. The van der Waals surface area contributed by atoms with Crippen LogP contribution in [0.3, 0.4) is 0 Å². The van der Waals surface area contributed by atoms with Crippen molar-refractivity contribution in [3.05, 3.63) is 71.7 Å². The van der Waals surface area contributed by atoms with E-state index in [1.165, 1.54) is 18.0 Å². The molecule has 0 aliphatic carbocycles. The summed E-state index contributed by atoms with van der Waals surface area (Å²) in [7, 11) is 5.18. The first-order valence-electron chi connectivity index (χ1n) is 10.7. The molecule has 2 aromatic carbocycles. The van der Waals surface area contributed by atoms with Gasteiger partial charge < -0.3 is 19.5 Å². The molecule has 0 fully saturated rings. The second-order valence-electron chi connectivity index (χ2n) is 7.28. The number of rotatable bonds is 11. The molecule has 3 aromatic rings. The lowest BCUT2D eigenvalue weighted by Crippen LogP contribution is -2.03. The molecule has 0 atom stereocenters. The van der Waals surface area contributed by atoms with E-state index >= 15 is 0 Å². The third-order valence-electron chi connectivity index (χ3n) is 4.67. The van der Waals surface area contributed by atoms with Gasteiger partial charge in [-0.05, 0) is 61.0 Å². The Morgan fingerprint density at radius 1 is 1.06 bits per heavy atom. The van der Waals surface area contributed by atoms with Gasteiger partial charge in [-0.3, -0.25) is 3.97 Å². The molecule has 0 amide bonds. The quantitative estimate of drug-likeness (QED) is 0.318. The number of nitrogens with zero attached hydrogens (tertiary/aromatic N) is 1. The van der Waals surface area contributed by atoms with Gasteiger partial charge in [-0.25, -0.2) is 4.39 Å². The molecule has 0 spiro atoms. The van der Waals surface area contributed by atoms with Crippen LogP contribution in [-0.4, -0.2) is 45.1 Å². The van der Waals surface area contributed by atoms with Crippen LogP contribution in [0.5, 0.6) is 5.75 Å². The lowest BCUT2D eigenvalue weighted by atomic mass is 10.1. The highest BCUT2D eigenvalue weighted by Gasteiger charge is 2.14. The minimum Gasteiger partial charge on any atom is -0.493 e. The Morgan fingerprint density at radius 3 is 2.67 bits per heavy atom. The van der Waals surface area contributed by atoms with Crippen molar-refractivity contribution in [2.75, 3.05) is 41.1 Å². The van der Waals surface area contributed by atoms with Crippen LogP contribution in [-0.2, 0) is 16.0 Å². The van der Waals surface area contributed by atoms with Gasteiger partial charge in [-0.1, -0.05) is 24.0 Å². The number of nitrogens with one attached hydrogen (secondary N) is 1. The summed E-state index contributed by atoms with van der Waals surface area (Å²) < 4.78 is 32.7. The van der Waals surface area contributed by atoms with Crippen molar-refractivity contribution in [3.63, 3.8) is 0 Å². The number of benzene rings is 2. The Labute approximate surface area is 199 Å². The number of halogens is 1. The first kappa shape index (κ1) is 24.9. The molecular weight excluding hydrogens is 439 g/mol. The van der Waals surface area contributed by atoms with E-state index in [2.05, 4.69) is 17.2 Å². The molecule has 0 bridgehead atoms. The molecule has 0 radical (unpaired) electrons. The van der Waals surface area contributed by atoms with Gasteiger partial charge in [-0.15, -0.1) is 0 Å². The Morgan fingerprint density at radius 2 is 1.91 bits per heavy atom. The maximum absolute atomic E-state index is 14.6. The maximum Gasteiger partial charge on any atom is 0.132 e. The average molecular weight is 469 g/mol. The standard InChI is InChI=1S/C26H29FN2O3S/c1-28-18-21-16-26(24-9-4-5-10-25(24)27)29(19-21)33-23-15-20(8-6-11-30-2)14-22(17-23)32-13-7-12-31-3/h4-5,9-10,14-17,19,28H,7,11-13,18H2,1-3H3. The predicted octanol–water partition coefficient (Wildman–Crippen LogP) is 4.98.